The van der Waals surface area contributed by atoms with E-state index in [1.807, 2.05) is 6.07 Å². The average molecular weight is 541 g/mol. The number of rotatable bonds is 8. The van der Waals surface area contributed by atoms with Gasteiger partial charge in [0, 0.05) is 20.1 Å². The van der Waals surface area contributed by atoms with E-state index < -0.39 is 12.8 Å². The summed E-state index contributed by atoms with van der Waals surface area (Å²) >= 11 is 0. The minimum atomic E-state index is -4.42. The summed E-state index contributed by atoms with van der Waals surface area (Å²) in [6, 6.07) is 11.0. The molecule has 0 radical (unpaired) electrons. The molecule has 2 rings (SSSR count). The lowest BCUT2D eigenvalue weighted by Crippen LogP contribution is -2.37. The Morgan fingerprint density at radius 1 is 1.03 bits per heavy atom. The van der Waals surface area contributed by atoms with Crippen LogP contribution in [-0.4, -0.2) is 39.4 Å². The maximum atomic E-state index is 13.2. The first kappa shape index (κ1) is 25.8. The quantitative estimate of drug-likeness (QED) is 0.227. The highest BCUT2D eigenvalue weighted by atomic mass is 127. The molecule has 0 spiro atoms. The maximum Gasteiger partial charge on any atom is 0.422 e. The molecule has 2 aromatic carbocycles. The Balaban J connectivity index is 0.00000450. The lowest BCUT2D eigenvalue weighted by molar-refractivity contribution is -0.153. The molecule has 0 saturated carbocycles. The van der Waals surface area contributed by atoms with Crippen molar-refractivity contribution >= 4 is 29.9 Å². The second kappa shape index (κ2) is 12.5. The molecule has 0 aliphatic rings. The van der Waals surface area contributed by atoms with E-state index in [0.717, 1.165) is 11.1 Å². The van der Waals surface area contributed by atoms with E-state index in [9.17, 15) is 17.6 Å². The van der Waals surface area contributed by atoms with Gasteiger partial charge in [0.05, 0.1) is 7.11 Å². The number of alkyl halides is 3. The van der Waals surface area contributed by atoms with Gasteiger partial charge in [0.2, 0.25) is 0 Å². The van der Waals surface area contributed by atoms with Gasteiger partial charge >= 0.3 is 6.18 Å². The lowest BCUT2D eigenvalue weighted by atomic mass is 10.1. The molecule has 0 saturated heterocycles. The van der Waals surface area contributed by atoms with Crippen molar-refractivity contribution in [3.8, 4) is 11.5 Å². The SMILES string of the molecule is CN=C(NCCc1cccc(F)c1)NCc1ccc(OCC(F)(F)F)c(OC)c1.I. The second-order valence-corrected chi connectivity index (χ2v) is 6.12. The van der Waals surface area contributed by atoms with Crippen LogP contribution in [0.3, 0.4) is 0 Å². The number of guanidine groups is 1. The summed E-state index contributed by atoms with van der Waals surface area (Å²) < 4.78 is 60.0. The lowest BCUT2D eigenvalue weighted by Gasteiger charge is -2.15. The summed E-state index contributed by atoms with van der Waals surface area (Å²) in [7, 11) is 2.98. The first-order valence-corrected chi connectivity index (χ1v) is 8.86. The number of aliphatic imine (C=N–C) groups is 1. The number of hydrogen-bond donors (Lipinski definition) is 2. The van der Waals surface area contributed by atoms with Gasteiger partial charge in [-0.3, -0.25) is 4.99 Å². The summed E-state index contributed by atoms with van der Waals surface area (Å²) in [6.07, 6.45) is -3.80. The van der Waals surface area contributed by atoms with Crippen LogP contribution in [0.4, 0.5) is 17.6 Å². The normalized spacial score (nSPS) is 11.5. The van der Waals surface area contributed by atoms with Crippen molar-refractivity contribution in [2.75, 3.05) is 27.3 Å². The fourth-order valence-electron chi connectivity index (χ4n) is 2.52. The summed E-state index contributed by atoms with van der Waals surface area (Å²) in [4.78, 5) is 4.11. The summed E-state index contributed by atoms with van der Waals surface area (Å²) in [6.45, 7) is -0.463. The minimum absolute atomic E-state index is 0. The van der Waals surface area contributed by atoms with E-state index >= 15 is 0 Å². The average Bonchev–Trinajstić information content (AvgIpc) is 2.68. The van der Waals surface area contributed by atoms with Crippen molar-refractivity contribution in [3.05, 3.63) is 59.4 Å². The molecule has 2 aromatic rings. The first-order chi connectivity index (χ1) is 13.8. The molecule has 2 N–H and O–H groups in total. The molecule has 0 atom stereocenters. The van der Waals surface area contributed by atoms with Crippen LogP contribution in [0.15, 0.2) is 47.5 Å². The molecule has 0 amide bonds. The molecule has 10 heteroatoms. The number of hydrogen-bond acceptors (Lipinski definition) is 3. The van der Waals surface area contributed by atoms with E-state index in [1.165, 1.54) is 25.3 Å². The molecule has 0 heterocycles. The predicted octanol–water partition coefficient (Wildman–Crippen LogP) is 4.30. The van der Waals surface area contributed by atoms with Gasteiger partial charge in [-0.15, -0.1) is 24.0 Å². The Morgan fingerprint density at radius 3 is 2.43 bits per heavy atom. The Bertz CT molecular complexity index is 832. The van der Waals surface area contributed by atoms with E-state index in [1.54, 1.807) is 25.2 Å². The van der Waals surface area contributed by atoms with E-state index in [4.69, 9.17) is 9.47 Å². The third-order valence-electron chi connectivity index (χ3n) is 3.90. The fourth-order valence-corrected chi connectivity index (χ4v) is 2.52. The number of halogens is 5. The van der Waals surface area contributed by atoms with Crippen molar-refractivity contribution in [1.82, 2.24) is 10.6 Å². The Morgan fingerprint density at radius 2 is 1.80 bits per heavy atom. The summed E-state index contributed by atoms with van der Waals surface area (Å²) in [5.41, 5.74) is 1.64. The van der Waals surface area contributed by atoms with Gasteiger partial charge in [-0.25, -0.2) is 4.39 Å². The molecule has 0 aromatic heterocycles. The van der Waals surface area contributed by atoms with Crippen molar-refractivity contribution in [2.45, 2.75) is 19.1 Å². The topological polar surface area (TPSA) is 54.9 Å². The third kappa shape index (κ3) is 9.06. The molecule has 30 heavy (non-hydrogen) atoms. The molecule has 0 fully saturated rings. The zero-order valence-electron chi connectivity index (χ0n) is 16.6. The van der Waals surface area contributed by atoms with Crippen molar-refractivity contribution < 1.29 is 27.0 Å². The number of ether oxygens (including phenoxy) is 2. The standard InChI is InChI=1S/C20H23F4N3O2.HI/c1-25-19(26-9-8-14-4-3-5-16(21)10-14)27-12-15-6-7-17(18(11-15)28-2)29-13-20(22,23)24;/h3-7,10-11H,8-9,12-13H2,1-2H3,(H2,25,26,27);1H. The third-order valence-corrected chi connectivity index (χ3v) is 3.90. The van der Waals surface area contributed by atoms with Gasteiger partial charge in [-0.2, -0.15) is 13.2 Å². The van der Waals surface area contributed by atoms with Gasteiger partial charge in [0.15, 0.2) is 24.1 Å². The molecule has 0 aliphatic carbocycles. The molecule has 0 aliphatic heterocycles. The Labute approximate surface area is 189 Å². The van der Waals surface area contributed by atoms with Crippen LogP contribution in [0.2, 0.25) is 0 Å². The molecule has 0 unspecified atom stereocenters. The number of nitrogens with one attached hydrogen (secondary N) is 2. The smallest absolute Gasteiger partial charge is 0.422 e. The zero-order chi connectivity index (χ0) is 21.3. The van der Waals surface area contributed by atoms with Crippen molar-refractivity contribution in [3.63, 3.8) is 0 Å². The summed E-state index contributed by atoms with van der Waals surface area (Å²) in [5, 5.41) is 6.22. The van der Waals surface area contributed by atoms with E-state index in [2.05, 4.69) is 15.6 Å². The Kier molecular flexibility index (Phi) is 10.7. The molecular weight excluding hydrogens is 517 g/mol. The molecular formula is C20H24F4IN3O2. The molecule has 0 bridgehead atoms. The fraction of sp³-hybridized carbons (Fsp3) is 0.350. The van der Waals surface area contributed by atoms with Gasteiger partial charge in [0.1, 0.15) is 5.82 Å². The number of benzene rings is 2. The monoisotopic (exact) mass is 541 g/mol. The molecule has 166 valence electrons. The van der Waals surface area contributed by atoms with Crippen LogP contribution in [0.5, 0.6) is 11.5 Å². The van der Waals surface area contributed by atoms with Crippen LogP contribution >= 0.6 is 24.0 Å². The summed E-state index contributed by atoms with van der Waals surface area (Å²) in [5.74, 6) is 0.494. The number of nitrogens with zero attached hydrogens (tertiary/aromatic N) is 1. The van der Waals surface area contributed by atoms with Crippen LogP contribution < -0.4 is 20.1 Å². The van der Waals surface area contributed by atoms with E-state index in [0.29, 0.717) is 25.5 Å². The van der Waals surface area contributed by atoms with Gasteiger partial charge in [-0.1, -0.05) is 18.2 Å². The van der Waals surface area contributed by atoms with Gasteiger partial charge in [0.25, 0.3) is 0 Å². The highest BCUT2D eigenvalue weighted by Gasteiger charge is 2.29. The number of methoxy groups -OCH3 is 1. The maximum absolute atomic E-state index is 13.2. The van der Waals surface area contributed by atoms with E-state index in [-0.39, 0.29) is 41.3 Å². The van der Waals surface area contributed by atoms with Crippen molar-refractivity contribution in [2.24, 2.45) is 4.99 Å². The second-order valence-electron chi connectivity index (χ2n) is 6.12. The largest absolute Gasteiger partial charge is 0.493 e. The minimum Gasteiger partial charge on any atom is -0.493 e. The highest BCUT2D eigenvalue weighted by Crippen LogP contribution is 2.29. The van der Waals surface area contributed by atoms with Crippen LogP contribution in [0.25, 0.3) is 0 Å². The first-order valence-electron chi connectivity index (χ1n) is 8.86. The van der Waals surface area contributed by atoms with Gasteiger partial charge in [-0.05, 0) is 41.8 Å². The van der Waals surface area contributed by atoms with Crippen molar-refractivity contribution in [1.29, 1.82) is 0 Å². The van der Waals surface area contributed by atoms with Crippen LogP contribution in [0, 0.1) is 5.82 Å². The predicted molar refractivity (Wildman–Crippen MR) is 118 cm³/mol. The van der Waals surface area contributed by atoms with Crippen LogP contribution in [-0.2, 0) is 13.0 Å². The Hall–Kier alpha value is -2.24. The van der Waals surface area contributed by atoms with Crippen LogP contribution in [0.1, 0.15) is 11.1 Å². The zero-order valence-corrected chi connectivity index (χ0v) is 18.9. The van der Waals surface area contributed by atoms with Gasteiger partial charge < -0.3 is 20.1 Å². The molecule has 5 nitrogen and oxygen atoms in total. The highest BCUT2D eigenvalue weighted by molar-refractivity contribution is 14.0.